The molecular weight excluding hydrogens is 444 g/mol. The smallest absolute Gasteiger partial charge is 0.147 e. The Balaban J connectivity index is 1.34. The highest BCUT2D eigenvalue weighted by atomic mass is 16.3. The van der Waals surface area contributed by atoms with Crippen molar-refractivity contribution in [1.29, 1.82) is 0 Å². The second kappa shape index (κ2) is 7.15. The number of furan rings is 2. The van der Waals surface area contributed by atoms with Crippen LogP contribution in [-0.4, -0.2) is 11.1 Å². The maximum Gasteiger partial charge on any atom is 0.147 e. The Hall–Kier alpha value is -4.70. The molecule has 2 aliphatic heterocycles. The molecule has 6 aromatic rings. The zero-order valence-electron chi connectivity index (χ0n) is 19.7. The van der Waals surface area contributed by atoms with Crippen molar-refractivity contribution in [3.8, 4) is 11.1 Å². The molecule has 4 heterocycles. The summed E-state index contributed by atoms with van der Waals surface area (Å²) in [6, 6.07) is 27.4. The van der Waals surface area contributed by atoms with Gasteiger partial charge in [-0.1, -0.05) is 66.7 Å². The van der Waals surface area contributed by atoms with Gasteiger partial charge in [0.05, 0.1) is 11.1 Å². The van der Waals surface area contributed by atoms with E-state index in [1.807, 2.05) is 24.3 Å². The Kier molecular flexibility index (Phi) is 3.89. The molecule has 2 aliphatic rings. The molecule has 0 saturated heterocycles. The van der Waals surface area contributed by atoms with Crippen LogP contribution in [0.1, 0.15) is 12.5 Å². The molecule has 8 rings (SSSR count). The van der Waals surface area contributed by atoms with Gasteiger partial charge in [-0.25, -0.2) is 0 Å². The highest BCUT2D eigenvalue weighted by molar-refractivity contribution is 6.25. The highest BCUT2D eigenvalue weighted by Gasteiger charge is 2.27. The van der Waals surface area contributed by atoms with E-state index in [1.54, 1.807) is 0 Å². The van der Waals surface area contributed by atoms with Crippen LogP contribution < -0.4 is 5.32 Å². The molecule has 1 N–H and O–H groups in total. The second-order valence-electron chi connectivity index (χ2n) is 9.46. The molecule has 0 amide bonds. The number of rotatable bonds is 2. The summed E-state index contributed by atoms with van der Waals surface area (Å²) in [5.74, 6) is 0. The van der Waals surface area contributed by atoms with E-state index in [0.29, 0.717) is 0 Å². The average Bonchev–Trinajstić information content (AvgIpc) is 3.60. The predicted octanol–water partition coefficient (Wildman–Crippen LogP) is 8.16. The first kappa shape index (κ1) is 19.6. The van der Waals surface area contributed by atoms with Crippen LogP contribution in [-0.2, 0) is 0 Å². The van der Waals surface area contributed by atoms with Gasteiger partial charge in [-0.15, -0.1) is 0 Å². The van der Waals surface area contributed by atoms with Gasteiger partial charge < -0.3 is 19.1 Å². The maximum atomic E-state index is 6.45. The number of hydrogen-bond donors (Lipinski definition) is 1. The van der Waals surface area contributed by atoms with Gasteiger partial charge >= 0.3 is 0 Å². The van der Waals surface area contributed by atoms with Gasteiger partial charge in [0.25, 0.3) is 0 Å². The molecule has 4 nitrogen and oxygen atoms in total. The number of para-hydroxylation sites is 2. The van der Waals surface area contributed by atoms with Crippen LogP contribution in [0.2, 0.25) is 0 Å². The Morgan fingerprint density at radius 3 is 2.22 bits per heavy atom. The van der Waals surface area contributed by atoms with Crippen molar-refractivity contribution in [3.05, 3.63) is 115 Å². The summed E-state index contributed by atoms with van der Waals surface area (Å²) in [4.78, 5) is 2.26. The van der Waals surface area contributed by atoms with Gasteiger partial charge in [-0.2, -0.15) is 0 Å². The fourth-order valence-electron chi connectivity index (χ4n) is 5.70. The molecule has 1 unspecified atom stereocenters. The Labute approximate surface area is 207 Å². The molecule has 172 valence electrons. The molecule has 0 saturated carbocycles. The minimum Gasteiger partial charge on any atom is -0.455 e. The second-order valence-corrected chi connectivity index (χ2v) is 9.46. The lowest BCUT2D eigenvalue weighted by Crippen LogP contribution is -2.32. The highest BCUT2D eigenvalue weighted by Crippen LogP contribution is 2.44. The topological polar surface area (TPSA) is 41.6 Å². The molecular formula is C32H22N2O2. The quantitative estimate of drug-likeness (QED) is 0.280. The van der Waals surface area contributed by atoms with E-state index in [2.05, 4.69) is 96.2 Å². The van der Waals surface area contributed by atoms with E-state index in [1.165, 1.54) is 11.3 Å². The maximum absolute atomic E-state index is 6.45. The molecule has 4 heteroatoms. The van der Waals surface area contributed by atoms with Crippen LogP contribution in [0, 0.1) is 0 Å². The summed E-state index contributed by atoms with van der Waals surface area (Å²) < 4.78 is 12.8. The summed E-state index contributed by atoms with van der Waals surface area (Å²) in [6.07, 6.45) is 8.63. The molecule has 0 bridgehead atoms. The van der Waals surface area contributed by atoms with Crippen LogP contribution in [0.3, 0.4) is 0 Å². The molecule has 2 aromatic heterocycles. The van der Waals surface area contributed by atoms with Crippen molar-refractivity contribution >= 4 is 49.6 Å². The third kappa shape index (κ3) is 2.64. The van der Waals surface area contributed by atoms with Crippen LogP contribution in [0.15, 0.2) is 118 Å². The first-order chi connectivity index (χ1) is 17.8. The van der Waals surface area contributed by atoms with Crippen molar-refractivity contribution in [2.75, 3.05) is 0 Å². The Morgan fingerprint density at radius 2 is 1.42 bits per heavy atom. The van der Waals surface area contributed by atoms with Crippen molar-refractivity contribution in [2.24, 2.45) is 0 Å². The van der Waals surface area contributed by atoms with E-state index in [4.69, 9.17) is 8.83 Å². The van der Waals surface area contributed by atoms with Crippen molar-refractivity contribution in [3.63, 3.8) is 0 Å². The zero-order chi connectivity index (χ0) is 23.8. The first-order valence-electron chi connectivity index (χ1n) is 12.2. The lowest BCUT2D eigenvalue weighted by molar-refractivity contribution is 0.402. The van der Waals surface area contributed by atoms with Gasteiger partial charge in [0.2, 0.25) is 0 Å². The van der Waals surface area contributed by atoms with Gasteiger partial charge in [0.1, 0.15) is 28.5 Å². The fourth-order valence-corrected chi connectivity index (χ4v) is 5.70. The normalized spacial score (nSPS) is 17.1. The van der Waals surface area contributed by atoms with Crippen LogP contribution in [0.5, 0.6) is 0 Å². The number of nitrogens with zero attached hydrogens (tertiary/aromatic N) is 1. The summed E-state index contributed by atoms with van der Waals surface area (Å²) in [5, 5.41) is 7.97. The van der Waals surface area contributed by atoms with Gasteiger partial charge in [-0.3, -0.25) is 0 Å². The zero-order valence-corrected chi connectivity index (χ0v) is 19.7. The van der Waals surface area contributed by atoms with Crippen molar-refractivity contribution in [2.45, 2.75) is 13.1 Å². The lowest BCUT2D eigenvalue weighted by Gasteiger charge is -2.23. The molecule has 0 aliphatic carbocycles. The molecule has 0 fully saturated rings. The Bertz CT molecular complexity index is 1930. The number of nitrogens with one attached hydrogen (secondary N) is 1. The van der Waals surface area contributed by atoms with Gasteiger partial charge in [0, 0.05) is 33.6 Å². The molecule has 1 atom stereocenters. The molecule has 36 heavy (non-hydrogen) atoms. The first-order valence-corrected chi connectivity index (χ1v) is 12.2. The SMILES string of the molecule is CC1=C(c2ccc(-c3cc4c5ccccc5oc4c4c3oc3ccccc34)cc2)NC2C=CC=CN12. The predicted molar refractivity (Wildman–Crippen MR) is 146 cm³/mol. The summed E-state index contributed by atoms with van der Waals surface area (Å²) in [6.45, 7) is 2.16. The lowest BCUT2D eigenvalue weighted by atomic mass is 9.97. The van der Waals surface area contributed by atoms with E-state index >= 15 is 0 Å². The van der Waals surface area contributed by atoms with E-state index in [9.17, 15) is 0 Å². The van der Waals surface area contributed by atoms with Crippen LogP contribution in [0.25, 0.3) is 60.7 Å². The number of benzene rings is 4. The third-order valence-corrected chi connectivity index (χ3v) is 7.47. The van der Waals surface area contributed by atoms with Gasteiger partial charge in [-0.05, 0) is 48.4 Å². The summed E-state index contributed by atoms with van der Waals surface area (Å²) in [5.41, 5.74) is 9.23. The third-order valence-electron chi connectivity index (χ3n) is 7.47. The number of fused-ring (bicyclic) bond motifs is 8. The van der Waals surface area contributed by atoms with E-state index < -0.39 is 0 Å². The molecule has 0 spiro atoms. The number of allylic oxidation sites excluding steroid dienone is 3. The summed E-state index contributed by atoms with van der Waals surface area (Å²) in [7, 11) is 0. The minimum absolute atomic E-state index is 0.177. The van der Waals surface area contributed by atoms with Gasteiger partial charge in [0.15, 0.2) is 0 Å². The summed E-state index contributed by atoms with van der Waals surface area (Å²) >= 11 is 0. The van der Waals surface area contributed by atoms with Crippen molar-refractivity contribution < 1.29 is 8.83 Å². The van der Waals surface area contributed by atoms with Crippen molar-refractivity contribution in [1.82, 2.24) is 10.2 Å². The number of hydrogen-bond acceptors (Lipinski definition) is 4. The van der Waals surface area contributed by atoms with Crippen LogP contribution in [0.4, 0.5) is 0 Å². The van der Waals surface area contributed by atoms with Crippen LogP contribution >= 0.6 is 0 Å². The Morgan fingerprint density at radius 1 is 0.722 bits per heavy atom. The van der Waals surface area contributed by atoms with E-state index in [-0.39, 0.29) is 6.17 Å². The minimum atomic E-state index is 0.177. The monoisotopic (exact) mass is 466 g/mol. The molecule has 4 aromatic carbocycles. The largest absolute Gasteiger partial charge is 0.455 e. The molecule has 0 radical (unpaired) electrons. The van der Waals surface area contributed by atoms with E-state index in [0.717, 1.165) is 60.7 Å². The fraction of sp³-hybridized carbons (Fsp3) is 0.0625. The standard InChI is InChI=1S/C32H22N2O2/c1-19-30(33-28-12-6-7-17-34(19)28)21-15-13-20(14-16-21)24-18-25-22-8-2-4-10-26(22)35-32(25)29-23-9-3-5-11-27(23)36-31(24)29/h2-18,28,33H,1H3. The average molecular weight is 467 g/mol.